The van der Waals surface area contributed by atoms with Crippen LogP contribution >= 0.6 is 11.6 Å². The third kappa shape index (κ3) is 2.79. The van der Waals surface area contributed by atoms with Crippen LogP contribution in [-0.2, 0) is 5.54 Å². The summed E-state index contributed by atoms with van der Waals surface area (Å²) in [4.78, 5) is 3.28. The van der Waals surface area contributed by atoms with Gasteiger partial charge < -0.3 is 10.1 Å². The molecule has 3 nitrogen and oxygen atoms in total. The number of aromatic nitrogens is 1. The summed E-state index contributed by atoms with van der Waals surface area (Å²) in [5.41, 5.74) is 2.18. The Hall–Kier alpha value is -2.07. The van der Waals surface area contributed by atoms with Gasteiger partial charge in [-0.2, -0.15) is 0 Å². The van der Waals surface area contributed by atoms with E-state index in [1.165, 1.54) is 0 Å². The van der Waals surface area contributed by atoms with Crippen molar-refractivity contribution in [1.29, 1.82) is 0 Å². The second-order valence-corrected chi connectivity index (χ2v) is 5.93. The lowest BCUT2D eigenvalue weighted by molar-refractivity contribution is 0.196. The molecule has 1 unspecified atom stereocenters. The zero-order chi connectivity index (χ0) is 16.3. The maximum atomic E-state index is 10.3. The van der Waals surface area contributed by atoms with E-state index in [1.807, 2.05) is 54.7 Å². The minimum absolute atomic E-state index is 0.0942. The van der Waals surface area contributed by atoms with E-state index in [0.717, 1.165) is 22.0 Å². The number of benzene rings is 2. The zero-order valence-electron chi connectivity index (χ0n) is 12.7. The maximum Gasteiger partial charge on any atom is 0.0948 e. The molecule has 2 aromatic carbocycles. The van der Waals surface area contributed by atoms with Gasteiger partial charge in [-0.1, -0.05) is 48.0 Å². The van der Waals surface area contributed by atoms with Gasteiger partial charge in [0.05, 0.1) is 12.1 Å². The van der Waals surface area contributed by atoms with Gasteiger partial charge in [-0.05, 0) is 23.8 Å². The van der Waals surface area contributed by atoms with Crippen LogP contribution < -0.4 is 5.32 Å². The summed E-state index contributed by atoms with van der Waals surface area (Å²) in [6.45, 7) is 4.24. The van der Waals surface area contributed by atoms with Crippen molar-refractivity contribution in [2.75, 3.05) is 13.2 Å². The summed E-state index contributed by atoms with van der Waals surface area (Å²) in [7, 11) is 0. The van der Waals surface area contributed by atoms with Gasteiger partial charge in [-0.3, -0.25) is 5.32 Å². The first-order valence-corrected chi connectivity index (χ1v) is 7.88. The predicted octanol–water partition coefficient (Wildman–Crippen LogP) is 3.83. The molecule has 0 aliphatic rings. The molecule has 0 saturated carbocycles. The first-order valence-electron chi connectivity index (χ1n) is 7.50. The Labute approximate surface area is 140 Å². The molecule has 0 amide bonds. The van der Waals surface area contributed by atoms with Crippen LogP contribution in [0.5, 0.6) is 0 Å². The van der Waals surface area contributed by atoms with Crippen LogP contribution in [0.1, 0.15) is 11.1 Å². The number of nitrogens with one attached hydrogen (secondary N) is 2. The largest absolute Gasteiger partial charge is 0.394 e. The van der Waals surface area contributed by atoms with E-state index in [9.17, 15) is 5.11 Å². The molecule has 0 fully saturated rings. The van der Waals surface area contributed by atoms with E-state index in [-0.39, 0.29) is 6.61 Å². The first kappa shape index (κ1) is 15.8. The van der Waals surface area contributed by atoms with Crippen LogP contribution in [0.25, 0.3) is 10.9 Å². The third-order valence-corrected chi connectivity index (χ3v) is 4.39. The number of hydrogen-bond donors (Lipinski definition) is 3. The summed E-state index contributed by atoms with van der Waals surface area (Å²) in [5, 5.41) is 15.5. The molecule has 0 aliphatic heterocycles. The topological polar surface area (TPSA) is 48.0 Å². The Balaban J connectivity index is 2.24. The van der Waals surface area contributed by atoms with Crippen LogP contribution in [-0.4, -0.2) is 23.2 Å². The lowest BCUT2D eigenvalue weighted by Gasteiger charge is -2.33. The van der Waals surface area contributed by atoms with E-state index < -0.39 is 5.54 Å². The molecule has 1 aromatic heterocycles. The van der Waals surface area contributed by atoms with E-state index in [2.05, 4.69) is 16.9 Å². The number of aromatic amines is 1. The molecule has 3 rings (SSSR count). The van der Waals surface area contributed by atoms with Crippen LogP contribution in [0.3, 0.4) is 0 Å². The average Bonchev–Trinajstić information content (AvgIpc) is 3.01. The third-order valence-electron chi connectivity index (χ3n) is 4.15. The standard InChI is InChI=1S/C19H19ClN2O/c1-2-10-22-19(13-23,14-6-5-7-15(20)11-14)17-12-21-18-9-4-3-8-16(17)18/h2-9,11-12,21-23H,1,10,13H2. The molecule has 118 valence electrons. The van der Waals surface area contributed by atoms with Crippen molar-refractivity contribution in [2.45, 2.75) is 5.54 Å². The van der Waals surface area contributed by atoms with Gasteiger partial charge in [0.15, 0.2) is 0 Å². The van der Waals surface area contributed by atoms with E-state index >= 15 is 0 Å². The maximum absolute atomic E-state index is 10.3. The highest BCUT2D eigenvalue weighted by molar-refractivity contribution is 6.30. The van der Waals surface area contributed by atoms with Gasteiger partial charge in [0.2, 0.25) is 0 Å². The van der Waals surface area contributed by atoms with Crippen molar-refractivity contribution in [3.05, 3.63) is 83.5 Å². The molecular weight excluding hydrogens is 308 g/mol. The van der Waals surface area contributed by atoms with Gasteiger partial charge >= 0.3 is 0 Å². The molecule has 0 spiro atoms. The molecule has 4 heteroatoms. The molecule has 0 aliphatic carbocycles. The van der Waals surface area contributed by atoms with Crippen LogP contribution in [0, 0.1) is 0 Å². The fourth-order valence-corrected chi connectivity index (χ4v) is 3.20. The van der Waals surface area contributed by atoms with Crippen molar-refractivity contribution in [3.63, 3.8) is 0 Å². The normalized spacial score (nSPS) is 13.8. The van der Waals surface area contributed by atoms with Crippen molar-refractivity contribution in [2.24, 2.45) is 0 Å². The number of halogens is 1. The Kier molecular flexibility index (Phi) is 4.53. The molecule has 0 radical (unpaired) electrons. The number of hydrogen-bond acceptors (Lipinski definition) is 2. The monoisotopic (exact) mass is 326 g/mol. The lowest BCUT2D eigenvalue weighted by atomic mass is 9.83. The minimum Gasteiger partial charge on any atom is -0.394 e. The average molecular weight is 327 g/mol. The van der Waals surface area contributed by atoms with E-state index in [4.69, 9.17) is 11.6 Å². The van der Waals surface area contributed by atoms with Gasteiger partial charge in [-0.15, -0.1) is 6.58 Å². The summed E-state index contributed by atoms with van der Waals surface area (Å²) in [6, 6.07) is 15.6. The number of H-pyrrole nitrogens is 1. The lowest BCUT2D eigenvalue weighted by Crippen LogP contribution is -2.46. The Morgan fingerprint density at radius 2 is 2.04 bits per heavy atom. The Bertz CT molecular complexity index is 827. The molecular formula is C19H19ClN2O. The molecule has 23 heavy (non-hydrogen) atoms. The number of fused-ring (bicyclic) bond motifs is 1. The molecule has 0 bridgehead atoms. The van der Waals surface area contributed by atoms with Gasteiger partial charge in [0.25, 0.3) is 0 Å². The Morgan fingerprint density at radius 3 is 2.78 bits per heavy atom. The summed E-state index contributed by atoms with van der Waals surface area (Å²) in [5.74, 6) is 0. The van der Waals surface area contributed by atoms with Crippen LogP contribution in [0.15, 0.2) is 67.4 Å². The van der Waals surface area contributed by atoms with E-state index in [1.54, 1.807) is 6.08 Å². The summed E-state index contributed by atoms with van der Waals surface area (Å²) < 4.78 is 0. The second-order valence-electron chi connectivity index (χ2n) is 5.49. The van der Waals surface area contributed by atoms with Crippen LogP contribution in [0.2, 0.25) is 5.02 Å². The van der Waals surface area contributed by atoms with E-state index in [0.29, 0.717) is 11.6 Å². The summed E-state index contributed by atoms with van der Waals surface area (Å²) in [6.07, 6.45) is 3.72. The smallest absolute Gasteiger partial charge is 0.0948 e. The highest BCUT2D eigenvalue weighted by atomic mass is 35.5. The fourth-order valence-electron chi connectivity index (χ4n) is 3.01. The number of rotatable bonds is 6. The molecule has 0 saturated heterocycles. The van der Waals surface area contributed by atoms with Gasteiger partial charge in [-0.25, -0.2) is 0 Å². The highest BCUT2D eigenvalue weighted by Gasteiger charge is 2.35. The van der Waals surface area contributed by atoms with Crippen LogP contribution in [0.4, 0.5) is 0 Å². The molecule has 3 aromatic rings. The second kappa shape index (κ2) is 6.59. The molecule has 1 heterocycles. The number of para-hydroxylation sites is 1. The minimum atomic E-state index is -0.751. The van der Waals surface area contributed by atoms with Gasteiger partial charge in [0.1, 0.15) is 0 Å². The number of aliphatic hydroxyl groups excluding tert-OH is 1. The van der Waals surface area contributed by atoms with Crippen molar-refractivity contribution in [3.8, 4) is 0 Å². The van der Waals surface area contributed by atoms with Gasteiger partial charge in [0, 0.05) is 34.2 Å². The number of aliphatic hydroxyl groups is 1. The highest BCUT2D eigenvalue weighted by Crippen LogP contribution is 2.35. The molecule has 1 atom stereocenters. The van der Waals surface area contributed by atoms with Crippen molar-refractivity contribution < 1.29 is 5.11 Å². The first-order chi connectivity index (χ1) is 11.2. The fraction of sp³-hybridized carbons (Fsp3) is 0.158. The Morgan fingerprint density at radius 1 is 1.22 bits per heavy atom. The SMILES string of the molecule is C=CCNC(CO)(c1cccc(Cl)c1)c1c[nH]c2ccccc12. The van der Waals surface area contributed by atoms with Crippen molar-refractivity contribution in [1.82, 2.24) is 10.3 Å². The zero-order valence-corrected chi connectivity index (χ0v) is 13.5. The van der Waals surface area contributed by atoms with Crippen molar-refractivity contribution >= 4 is 22.5 Å². The molecule has 3 N–H and O–H groups in total. The summed E-state index contributed by atoms with van der Waals surface area (Å²) >= 11 is 6.18. The predicted molar refractivity (Wildman–Crippen MR) is 95.8 cm³/mol. The quantitative estimate of drug-likeness (QED) is 0.603.